The Hall–Kier alpha value is -9.52. The molecule has 25 heteroatoms. The number of nitrogens with zero attached hydrogens (tertiary/aromatic N) is 3. The van der Waals surface area contributed by atoms with Crippen LogP contribution in [0.5, 0.6) is 0 Å². The first-order chi connectivity index (χ1) is 42.9. The Balaban J connectivity index is 1.45. The minimum absolute atomic E-state index is 0.0376. The molecule has 0 bridgehead atoms. The molecule has 0 saturated heterocycles. The zero-order chi connectivity index (χ0) is 67.2. The van der Waals surface area contributed by atoms with Crippen molar-refractivity contribution in [3.63, 3.8) is 0 Å². The van der Waals surface area contributed by atoms with Crippen LogP contribution in [-0.4, -0.2) is 141 Å². The number of nitrogens with two attached hydrogens (primary N) is 1. The molecule has 91 heavy (non-hydrogen) atoms. The minimum atomic E-state index is -1.80. The standard InChI is InChI=1S/C66H83F2N9O14/c1-41(71-64(88)91-66(6,7)8)62(86)75(9)42(2)59(83)74-52(35-54(69)79)61(85)73-50(60(84)70-31-29-55(80)72-51(63(87)90-40-45-23-17-12-18-24-45)27-28-57(82)89-39-44-21-15-11-16-22-44)30-32-77(56(81)38-78)58(65(3,4)5)53-33-46(48-34-47(67)25-26-49(48)68)37-76(53)36-43-19-13-10-14-20-43/h10-26,33-34,37,41-42,50-52,58,78H,27-32,35-36,38-40H2,1-9H3,(H2,69,79)(H,70,84)(H,71,88)(H,72,80)(H,73,85)(H,74,83)/t41-,42-,50-,51+,52-,58-/m0/s1. The third-order valence-corrected chi connectivity index (χ3v) is 14.3. The van der Waals surface area contributed by atoms with Crippen LogP contribution in [0, 0.1) is 17.0 Å². The van der Waals surface area contributed by atoms with Crippen LogP contribution in [-0.2, 0) is 77.1 Å². The molecule has 0 fully saturated rings. The molecule has 0 aliphatic rings. The van der Waals surface area contributed by atoms with Crippen LogP contribution in [0.25, 0.3) is 11.1 Å². The largest absolute Gasteiger partial charge is 0.461 e. The highest BCUT2D eigenvalue weighted by molar-refractivity contribution is 5.97. The molecule has 0 saturated carbocycles. The van der Waals surface area contributed by atoms with E-state index in [9.17, 15) is 57.4 Å². The smallest absolute Gasteiger partial charge is 0.408 e. The van der Waals surface area contributed by atoms with Gasteiger partial charge in [0.05, 0.1) is 12.5 Å². The van der Waals surface area contributed by atoms with Crippen LogP contribution >= 0.6 is 0 Å². The van der Waals surface area contributed by atoms with Crippen molar-refractivity contribution in [2.75, 3.05) is 26.7 Å². The number of benzene rings is 4. The molecule has 1 aromatic heterocycles. The molecule has 490 valence electrons. The first-order valence-electron chi connectivity index (χ1n) is 29.7. The van der Waals surface area contributed by atoms with Gasteiger partial charge in [0.1, 0.15) is 67.3 Å². The Kier molecular flexibility index (Phi) is 26.9. The highest BCUT2D eigenvalue weighted by Gasteiger charge is 2.39. The lowest BCUT2D eigenvalue weighted by atomic mass is 9.82. The summed E-state index contributed by atoms with van der Waals surface area (Å²) in [5.74, 6) is -9.49. The Labute approximate surface area is 528 Å². The average Bonchev–Trinajstić information content (AvgIpc) is 1.69. The van der Waals surface area contributed by atoms with Crippen molar-refractivity contribution in [1.82, 2.24) is 41.0 Å². The minimum Gasteiger partial charge on any atom is -0.461 e. The second-order valence-electron chi connectivity index (χ2n) is 23.9. The van der Waals surface area contributed by atoms with Crippen LogP contribution in [0.4, 0.5) is 13.6 Å². The van der Waals surface area contributed by atoms with E-state index < -0.39 is 157 Å². The number of hydrogen-bond donors (Lipinski definition) is 7. The summed E-state index contributed by atoms with van der Waals surface area (Å²) in [5, 5.41) is 23.1. The van der Waals surface area contributed by atoms with Gasteiger partial charge in [0.25, 0.3) is 0 Å². The molecule has 5 aromatic rings. The van der Waals surface area contributed by atoms with Gasteiger partial charge in [-0.3, -0.25) is 38.4 Å². The third kappa shape index (κ3) is 23.1. The number of ether oxygens (including phenoxy) is 3. The van der Waals surface area contributed by atoms with Crippen molar-refractivity contribution >= 4 is 59.4 Å². The van der Waals surface area contributed by atoms with E-state index in [1.165, 1.54) is 25.8 Å². The Morgan fingerprint density at radius 3 is 1.82 bits per heavy atom. The fourth-order valence-electron chi connectivity index (χ4n) is 9.67. The normalized spacial score (nSPS) is 13.3. The zero-order valence-electron chi connectivity index (χ0n) is 52.7. The Morgan fingerprint density at radius 1 is 0.670 bits per heavy atom. The van der Waals surface area contributed by atoms with Crippen LogP contribution in [0.15, 0.2) is 121 Å². The van der Waals surface area contributed by atoms with Gasteiger partial charge < -0.3 is 66.0 Å². The quantitative estimate of drug-likeness (QED) is 0.0209. The van der Waals surface area contributed by atoms with Crippen LogP contribution in [0.2, 0.25) is 0 Å². The molecule has 5 rings (SSSR count). The first kappa shape index (κ1) is 72.2. The van der Waals surface area contributed by atoms with Gasteiger partial charge in [-0.15, -0.1) is 0 Å². The number of hydrogen-bond acceptors (Lipinski definition) is 14. The molecule has 0 aliphatic carbocycles. The van der Waals surface area contributed by atoms with Gasteiger partial charge in [0, 0.05) is 62.5 Å². The maximum absolute atomic E-state index is 15.5. The number of likely N-dealkylation sites (N-methyl/N-ethyl adjacent to an activating group) is 1. The predicted molar refractivity (Wildman–Crippen MR) is 331 cm³/mol. The van der Waals surface area contributed by atoms with Crippen molar-refractivity contribution in [2.24, 2.45) is 11.1 Å². The molecule has 0 unspecified atom stereocenters. The highest BCUT2D eigenvalue weighted by atomic mass is 19.1. The number of aromatic nitrogens is 1. The lowest BCUT2D eigenvalue weighted by molar-refractivity contribution is -0.150. The van der Waals surface area contributed by atoms with Crippen LogP contribution < -0.4 is 32.3 Å². The molecule has 0 radical (unpaired) electrons. The second-order valence-corrected chi connectivity index (χ2v) is 23.9. The van der Waals surface area contributed by atoms with Crippen molar-refractivity contribution in [2.45, 2.75) is 149 Å². The molecule has 8 amide bonds. The van der Waals surface area contributed by atoms with Crippen LogP contribution in [0.1, 0.15) is 116 Å². The molecule has 0 aliphatic heterocycles. The SMILES string of the molecule is C[C@H](NC(=O)OC(C)(C)C)C(=O)N(C)[C@@H](C)C(=O)N[C@@H](CC(N)=O)C(=O)N[C@@H](CCN(C(=O)CO)[C@@H](c1cc(-c2cc(F)ccc2F)cn1Cc1ccccc1)C(C)(C)C)C(=O)NCCC(=O)N[C@H](CCC(=O)OCc1ccccc1)C(=O)OCc1ccccc1. The van der Waals surface area contributed by atoms with E-state index in [4.69, 9.17) is 19.9 Å². The maximum Gasteiger partial charge on any atom is 0.408 e. The van der Waals surface area contributed by atoms with E-state index in [1.807, 2.05) is 30.3 Å². The lowest BCUT2D eigenvalue weighted by Crippen LogP contribution is -2.58. The summed E-state index contributed by atoms with van der Waals surface area (Å²) in [6.45, 7) is 11.0. The van der Waals surface area contributed by atoms with Crippen molar-refractivity contribution in [3.05, 3.63) is 155 Å². The van der Waals surface area contributed by atoms with Gasteiger partial charge in [-0.25, -0.2) is 18.4 Å². The fraction of sp³-hybridized carbons (Fsp3) is 0.424. The van der Waals surface area contributed by atoms with Gasteiger partial charge in [-0.1, -0.05) is 112 Å². The second kappa shape index (κ2) is 33.9. The van der Waals surface area contributed by atoms with E-state index in [0.29, 0.717) is 11.3 Å². The molecular weight excluding hydrogens is 1180 g/mol. The molecule has 4 aromatic carbocycles. The number of carbonyl (C=O) groups is 10. The van der Waals surface area contributed by atoms with Gasteiger partial charge in [-0.05, 0) is 93.8 Å². The number of esters is 2. The number of primary amides is 1. The van der Waals surface area contributed by atoms with Crippen molar-refractivity contribution < 1.29 is 76.0 Å². The lowest BCUT2D eigenvalue weighted by Gasteiger charge is -2.41. The Bertz CT molecular complexity index is 3320. The van der Waals surface area contributed by atoms with Crippen molar-refractivity contribution in [3.8, 4) is 11.1 Å². The predicted octanol–water partition coefficient (Wildman–Crippen LogP) is 5.64. The molecular formula is C66H83F2N9O14. The highest BCUT2D eigenvalue weighted by Crippen LogP contribution is 2.41. The number of carbonyl (C=O) groups excluding carboxylic acids is 10. The van der Waals surface area contributed by atoms with Gasteiger partial charge >= 0.3 is 18.0 Å². The van der Waals surface area contributed by atoms with Gasteiger partial charge in [0.2, 0.25) is 41.4 Å². The van der Waals surface area contributed by atoms with E-state index in [1.54, 1.807) is 119 Å². The summed E-state index contributed by atoms with van der Waals surface area (Å²) in [5.41, 5.74) is 6.49. The van der Waals surface area contributed by atoms with E-state index in [-0.39, 0.29) is 43.7 Å². The van der Waals surface area contributed by atoms with E-state index in [2.05, 4.69) is 26.6 Å². The van der Waals surface area contributed by atoms with E-state index in [0.717, 1.165) is 34.2 Å². The molecule has 8 N–H and O–H groups in total. The maximum atomic E-state index is 15.5. The third-order valence-electron chi connectivity index (χ3n) is 14.3. The molecule has 6 atom stereocenters. The zero-order valence-corrected chi connectivity index (χ0v) is 52.7. The summed E-state index contributed by atoms with van der Waals surface area (Å²) < 4.78 is 48.2. The topological polar surface area (TPSA) is 316 Å². The van der Waals surface area contributed by atoms with E-state index >= 15 is 4.39 Å². The summed E-state index contributed by atoms with van der Waals surface area (Å²) in [7, 11) is 1.26. The number of amides is 8. The summed E-state index contributed by atoms with van der Waals surface area (Å²) >= 11 is 0. The van der Waals surface area contributed by atoms with Crippen molar-refractivity contribution in [1.29, 1.82) is 0 Å². The summed E-state index contributed by atoms with van der Waals surface area (Å²) in [6, 6.07) is 22.9. The summed E-state index contributed by atoms with van der Waals surface area (Å²) in [6.07, 6.45) is -1.62. The number of halogens is 2. The van der Waals surface area contributed by atoms with Gasteiger partial charge in [-0.2, -0.15) is 0 Å². The monoisotopic (exact) mass is 1260 g/mol. The number of aliphatic hydroxyl groups is 1. The molecule has 23 nitrogen and oxygen atoms in total. The molecule has 0 spiro atoms. The molecule has 1 heterocycles. The van der Waals surface area contributed by atoms with Crippen LogP contribution in [0.3, 0.4) is 0 Å². The average molecular weight is 1260 g/mol. The summed E-state index contributed by atoms with van der Waals surface area (Å²) in [4.78, 5) is 138. The Morgan fingerprint density at radius 2 is 1.25 bits per heavy atom. The number of rotatable bonds is 31. The fourth-order valence-corrected chi connectivity index (χ4v) is 9.67. The number of nitrogens with one attached hydrogen (secondary N) is 5. The van der Waals surface area contributed by atoms with Gasteiger partial charge in [0.15, 0.2) is 0 Å². The first-order valence-corrected chi connectivity index (χ1v) is 29.7. The number of alkyl carbamates (subject to hydrolysis) is 1. The number of aliphatic hydroxyl groups excluding tert-OH is 1.